The van der Waals surface area contributed by atoms with E-state index in [2.05, 4.69) is 35.8 Å². The van der Waals surface area contributed by atoms with Crippen molar-refractivity contribution in [3.05, 3.63) is 35.3 Å². The normalized spacial score (nSPS) is 25.5. The van der Waals surface area contributed by atoms with Gasteiger partial charge in [0.25, 0.3) is 0 Å². The minimum atomic E-state index is -0.118. The Kier molecular flexibility index (Phi) is 7.38. The Morgan fingerprint density at radius 3 is 2.55 bits per heavy atom. The molecule has 31 heavy (non-hydrogen) atoms. The van der Waals surface area contributed by atoms with Crippen LogP contribution in [-0.4, -0.2) is 54.1 Å². The average Bonchev–Trinajstić information content (AvgIpc) is 3.14. The molecule has 0 bridgehead atoms. The zero-order valence-electron chi connectivity index (χ0n) is 20.0. The van der Waals surface area contributed by atoms with Crippen molar-refractivity contribution in [2.45, 2.75) is 89.0 Å². The van der Waals surface area contributed by atoms with Gasteiger partial charge in [-0.1, -0.05) is 26.2 Å². The predicted molar refractivity (Wildman–Crippen MR) is 129 cm³/mol. The number of aromatic nitrogens is 1. The molecule has 0 amide bonds. The van der Waals surface area contributed by atoms with Crippen LogP contribution in [0.4, 0.5) is 4.39 Å². The number of likely N-dealkylation sites (tertiary alicyclic amines) is 1. The second-order valence-corrected chi connectivity index (χ2v) is 10.4. The molecule has 3 nitrogen and oxygen atoms in total. The molecule has 1 aromatic carbocycles. The van der Waals surface area contributed by atoms with Gasteiger partial charge in [-0.25, -0.2) is 4.39 Å². The van der Waals surface area contributed by atoms with E-state index in [4.69, 9.17) is 0 Å². The van der Waals surface area contributed by atoms with Gasteiger partial charge in [0.2, 0.25) is 0 Å². The summed E-state index contributed by atoms with van der Waals surface area (Å²) in [4.78, 5) is 8.85. The summed E-state index contributed by atoms with van der Waals surface area (Å²) < 4.78 is 14.1. The van der Waals surface area contributed by atoms with E-state index < -0.39 is 0 Å². The maximum absolute atomic E-state index is 14.1. The van der Waals surface area contributed by atoms with Gasteiger partial charge in [0.1, 0.15) is 5.82 Å². The highest BCUT2D eigenvalue weighted by Crippen LogP contribution is 2.44. The average molecular weight is 428 g/mol. The van der Waals surface area contributed by atoms with Crippen LogP contribution in [0.15, 0.2) is 18.2 Å². The zero-order chi connectivity index (χ0) is 21.8. The number of hydrogen-bond acceptors (Lipinski definition) is 2. The summed E-state index contributed by atoms with van der Waals surface area (Å²) in [6, 6.07) is 5.29. The lowest BCUT2D eigenvalue weighted by molar-refractivity contribution is 0.0802. The number of nitrogens with one attached hydrogen (secondary N) is 1. The monoisotopic (exact) mass is 427 g/mol. The first-order valence-corrected chi connectivity index (χ1v) is 12.7. The van der Waals surface area contributed by atoms with Crippen LogP contribution >= 0.6 is 0 Å². The Hall–Kier alpha value is -1.39. The highest BCUT2D eigenvalue weighted by Gasteiger charge is 2.38. The van der Waals surface area contributed by atoms with Gasteiger partial charge in [-0.3, -0.25) is 0 Å². The molecule has 4 rings (SSSR count). The molecule has 2 fully saturated rings. The number of hydrogen-bond donors (Lipinski definition) is 1. The first-order chi connectivity index (χ1) is 15.0. The van der Waals surface area contributed by atoms with E-state index in [1.165, 1.54) is 88.6 Å². The SMILES string of the molecule is CCCCC1(N(C)C)CCC(c2[nH]c3ccc(F)cc3c2CCN2CCCCC2)CC1. The van der Waals surface area contributed by atoms with Crippen molar-refractivity contribution >= 4 is 10.9 Å². The minimum Gasteiger partial charge on any atom is -0.358 e. The van der Waals surface area contributed by atoms with Crippen LogP contribution in [0.1, 0.15) is 88.3 Å². The van der Waals surface area contributed by atoms with E-state index in [-0.39, 0.29) is 5.82 Å². The molecular weight excluding hydrogens is 385 g/mol. The third-order valence-corrected chi connectivity index (χ3v) is 8.30. The lowest BCUT2D eigenvalue weighted by Crippen LogP contribution is -2.46. The molecule has 1 saturated heterocycles. The summed E-state index contributed by atoms with van der Waals surface area (Å²) in [5, 5.41) is 1.11. The van der Waals surface area contributed by atoms with Gasteiger partial charge in [0, 0.05) is 28.7 Å². The molecule has 1 aliphatic carbocycles. The molecule has 1 aliphatic heterocycles. The second-order valence-electron chi connectivity index (χ2n) is 10.4. The molecule has 1 saturated carbocycles. The highest BCUT2D eigenvalue weighted by molar-refractivity contribution is 5.85. The number of halogens is 1. The number of nitrogens with zero attached hydrogens (tertiary/aromatic N) is 2. The van der Waals surface area contributed by atoms with E-state index in [1.807, 2.05) is 6.07 Å². The van der Waals surface area contributed by atoms with Gasteiger partial charge >= 0.3 is 0 Å². The fraction of sp³-hybridized carbons (Fsp3) is 0.704. The first kappa shape index (κ1) is 22.8. The van der Waals surface area contributed by atoms with E-state index in [0.29, 0.717) is 11.5 Å². The van der Waals surface area contributed by atoms with Gasteiger partial charge in [-0.2, -0.15) is 0 Å². The molecule has 172 valence electrons. The molecule has 0 spiro atoms. The molecule has 0 radical (unpaired) electrons. The summed E-state index contributed by atoms with van der Waals surface area (Å²) in [6.07, 6.45) is 13.9. The smallest absolute Gasteiger partial charge is 0.123 e. The van der Waals surface area contributed by atoms with Crippen molar-refractivity contribution in [1.29, 1.82) is 0 Å². The zero-order valence-corrected chi connectivity index (χ0v) is 20.0. The minimum absolute atomic E-state index is 0.118. The van der Waals surface area contributed by atoms with E-state index in [9.17, 15) is 4.39 Å². The summed E-state index contributed by atoms with van der Waals surface area (Å²) in [5.74, 6) is 0.452. The quantitative estimate of drug-likeness (QED) is 0.520. The van der Waals surface area contributed by atoms with Crippen molar-refractivity contribution in [3.63, 3.8) is 0 Å². The lowest BCUT2D eigenvalue weighted by Gasteiger charge is -2.45. The number of unbranched alkanes of at least 4 members (excludes halogenated alkanes) is 1. The predicted octanol–water partition coefficient (Wildman–Crippen LogP) is 6.48. The second kappa shape index (κ2) is 10.0. The highest BCUT2D eigenvalue weighted by atomic mass is 19.1. The van der Waals surface area contributed by atoms with Crippen LogP contribution in [0.5, 0.6) is 0 Å². The van der Waals surface area contributed by atoms with Crippen molar-refractivity contribution in [2.24, 2.45) is 0 Å². The number of fused-ring (bicyclic) bond motifs is 1. The van der Waals surface area contributed by atoms with Crippen molar-refractivity contribution < 1.29 is 4.39 Å². The number of H-pyrrole nitrogens is 1. The van der Waals surface area contributed by atoms with Crippen LogP contribution in [-0.2, 0) is 6.42 Å². The Morgan fingerprint density at radius 2 is 1.87 bits per heavy atom. The molecule has 2 aromatic rings. The topological polar surface area (TPSA) is 22.3 Å². The van der Waals surface area contributed by atoms with Gasteiger partial charge in [0.05, 0.1) is 0 Å². The molecule has 4 heteroatoms. The Labute approximate surface area is 188 Å². The fourth-order valence-electron chi connectivity index (χ4n) is 6.18. The molecule has 1 N–H and O–H groups in total. The third-order valence-electron chi connectivity index (χ3n) is 8.30. The number of aromatic amines is 1. The van der Waals surface area contributed by atoms with Crippen molar-refractivity contribution in [1.82, 2.24) is 14.8 Å². The number of rotatable bonds is 8. The van der Waals surface area contributed by atoms with Crippen molar-refractivity contribution in [2.75, 3.05) is 33.7 Å². The molecule has 2 heterocycles. The summed E-state index contributed by atoms with van der Waals surface area (Å²) >= 11 is 0. The van der Waals surface area contributed by atoms with Crippen LogP contribution in [0.2, 0.25) is 0 Å². The lowest BCUT2D eigenvalue weighted by atomic mass is 9.72. The summed E-state index contributed by atoms with van der Waals surface area (Å²) in [5.41, 5.74) is 4.26. The fourth-order valence-corrected chi connectivity index (χ4v) is 6.18. The molecular formula is C27H42FN3. The number of piperidine rings is 1. The Bertz CT molecular complexity index is 842. The standard InChI is InChI=1S/C27H42FN3/c1-4-5-14-27(30(2)3)15-11-21(12-16-27)26-23(13-19-31-17-7-6-8-18-31)24-20-22(28)9-10-25(24)29-26/h9-10,20-21,29H,4-8,11-19H2,1-3H3. The van der Waals surface area contributed by atoms with Crippen LogP contribution < -0.4 is 0 Å². The van der Waals surface area contributed by atoms with Gasteiger partial charge < -0.3 is 14.8 Å². The number of benzene rings is 1. The summed E-state index contributed by atoms with van der Waals surface area (Å²) in [6.45, 7) is 5.84. The van der Waals surface area contributed by atoms with Crippen LogP contribution in [0.3, 0.4) is 0 Å². The van der Waals surface area contributed by atoms with E-state index in [0.717, 1.165) is 23.9 Å². The Morgan fingerprint density at radius 1 is 1.13 bits per heavy atom. The molecule has 2 aliphatic rings. The molecule has 0 unspecified atom stereocenters. The summed E-state index contributed by atoms with van der Waals surface area (Å²) in [7, 11) is 4.54. The van der Waals surface area contributed by atoms with Gasteiger partial charge in [-0.05, 0) is 108 Å². The first-order valence-electron chi connectivity index (χ1n) is 12.7. The maximum Gasteiger partial charge on any atom is 0.123 e. The molecule has 0 atom stereocenters. The maximum atomic E-state index is 14.1. The van der Waals surface area contributed by atoms with Crippen LogP contribution in [0.25, 0.3) is 10.9 Å². The largest absolute Gasteiger partial charge is 0.358 e. The van der Waals surface area contributed by atoms with Gasteiger partial charge in [-0.15, -0.1) is 0 Å². The van der Waals surface area contributed by atoms with E-state index in [1.54, 1.807) is 12.1 Å². The Balaban J connectivity index is 1.55. The third kappa shape index (κ3) is 5.01. The van der Waals surface area contributed by atoms with Gasteiger partial charge in [0.15, 0.2) is 0 Å². The molecule has 1 aromatic heterocycles. The van der Waals surface area contributed by atoms with Crippen molar-refractivity contribution in [3.8, 4) is 0 Å². The van der Waals surface area contributed by atoms with Crippen LogP contribution in [0, 0.1) is 5.82 Å². The van der Waals surface area contributed by atoms with E-state index >= 15 is 0 Å².